The van der Waals surface area contributed by atoms with Crippen molar-refractivity contribution in [2.24, 2.45) is 0 Å². The summed E-state index contributed by atoms with van der Waals surface area (Å²) >= 11 is 0. The summed E-state index contributed by atoms with van der Waals surface area (Å²) in [6, 6.07) is 5.84. The topological polar surface area (TPSA) is 50.4 Å². The number of halogens is 1. The van der Waals surface area contributed by atoms with Crippen LogP contribution >= 0.6 is 0 Å². The van der Waals surface area contributed by atoms with Crippen molar-refractivity contribution in [3.8, 4) is 0 Å². The molecule has 0 aromatic heterocycles. The van der Waals surface area contributed by atoms with Gasteiger partial charge >= 0.3 is 0 Å². The molecule has 1 heterocycles. The number of hydrogen-bond donors (Lipinski definition) is 2. The van der Waals surface area contributed by atoms with E-state index < -0.39 is 0 Å². The van der Waals surface area contributed by atoms with Crippen molar-refractivity contribution in [2.45, 2.75) is 18.9 Å². The highest BCUT2D eigenvalue weighted by molar-refractivity contribution is 5.92. The Kier molecular flexibility index (Phi) is 4.66. The summed E-state index contributed by atoms with van der Waals surface area (Å²) in [4.78, 5) is 11.6. The van der Waals surface area contributed by atoms with E-state index in [9.17, 15) is 9.18 Å². The average Bonchev–Trinajstić information content (AvgIpc) is 2.82. The van der Waals surface area contributed by atoms with Gasteiger partial charge in [-0.25, -0.2) is 4.39 Å². The molecule has 0 spiro atoms. The zero-order valence-electron chi connectivity index (χ0n) is 10.1. The third-order valence-electron chi connectivity index (χ3n) is 2.79. The van der Waals surface area contributed by atoms with Gasteiger partial charge in [-0.3, -0.25) is 4.79 Å². The lowest BCUT2D eigenvalue weighted by atomic mass is 10.2. The molecule has 1 unspecified atom stereocenters. The van der Waals surface area contributed by atoms with Gasteiger partial charge in [-0.05, 0) is 31.0 Å². The van der Waals surface area contributed by atoms with Crippen LogP contribution < -0.4 is 10.6 Å². The van der Waals surface area contributed by atoms with Crippen LogP contribution in [0.2, 0.25) is 0 Å². The third-order valence-corrected chi connectivity index (χ3v) is 2.79. The van der Waals surface area contributed by atoms with Crippen LogP contribution in [0.5, 0.6) is 0 Å². The van der Waals surface area contributed by atoms with Crippen molar-refractivity contribution in [3.63, 3.8) is 0 Å². The summed E-state index contributed by atoms with van der Waals surface area (Å²) in [5.41, 5.74) is 0.471. The molecule has 1 aliphatic heterocycles. The highest BCUT2D eigenvalue weighted by atomic mass is 19.1. The molecule has 1 saturated heterocycles. The molecule has 0 saturated carbocycles. The zero-order valence-corrected chi connectivity index (χ0v) is 10.1. The van der Waals surface area contributed by atoms with E-state index in [1.165, 1.54) is 12.1 Å². The van der Waals surface area contributed by atoms with E-state index in [1.807, 2.05) is 0 Å². The van der Waals surface area contributed by atoms with Gasteiger partial charge in [0, 0.05) is 18.8 Å². The maximum atomic E-state index is 12.9. The fourth-order valence-corrected chi connectivity index (χ4v) is 1.92. The van der Waals surface area contributed by atoms with Crippen LogP contribution in [-0.2, 0) is 9.53 Å². The predicted molar refractivity (Wildman–Crippen MR) is 66.9 cm³/mol. The first-order chi connectivity index (χ1) is 8.74. The number of benzene rings is 1. The van der Waals surface area contributed by atoms with E-state index in [4.69, 9.17) is 4.74 Å². The van der Waals surface area contributed by atoms with Gasteiger partial charge in [0.2, 0.25) is 5.91 Å². The standard InChI is InChI=1S/C13H17FN2O2/c14-10-3-1-4-11(7-10)16-13(17)9-15-8-12-5-2-6-18-12/h1,3-4,7,12,15H,2,5-6,8-9H2,(H,16,17). The first-order valence-electron chi connectivity index (χ1n) is 6.12. The van der Waals surface area contributed by atoms with E-state index in [0.717, 1.165) is 19.4 Å². The Labute approximate surface area is 106 Å². The summed E-state index contributed by atoms with van der Waals surface area (Å²) < 4.78 is 18.3. The van der Waals surface area contributed by atoms with E-state index in [0.29, 0.717) is 12.2 Å². The van der Waals surface area contributed by atoms with Crippen LogP contribution in [0.3, 0.4) is 0 Å². The summed E-state index contributed by atoms with van der Waals surface area (Å²) in [6.45, 7) is 1.69. The first kappa shape index (κ1) is 13.0. The lowest BCUT2D eigenvalue weighted by Crippen LogP contribution is -2.33. The number of rotatable bonds is 5. The van der Waals surface area contributed by atoms with Crippen LogP contribution in [0.15, 0.2) is 24.3 Å². The number of amides is 1. The normalized spacial score (nSPS) is 18.8. The largest absolute Gasteiger partial charge is 0.377 e. The molecule has 1 fully saturated rings. The molecule has 0 radical (unpaired) electrons. The van der Waals surface area contributed by atoms with Crippen LogP contribution in [0.1, 0.15) is 12.8 Å². The number of anilines is 1. The molecule has 1 aromatic carbocycles. The Morgan fingerprint density at radius 2 is 2.39 bits per heavy atom. The number of hydrogen-bond acceptors (Lipinski definition) is 3. The highest BCUT2D eigenvalue weighted by Gasteiger charge is 2.15. The maximum absolute atomic E-state index is 12.9. The Morgan fingerprint density at radius 3 is 3.11 bits per heavy atom. The second-order valence-corrected chi connectivity index (χ2v) is 4.32. The maximum Gasteiger partial charge on any atom is 0.238 e. The molecular weight excluding hydrogens is 235 g/mol. The van der Waals surface area contributed by atoms with Gasteiger partial charge in [0.15, 0.2) is 0 Å². The van der Waals surface area contributed by atoms with Gasteiger partial charge in [0.25, 0.3) is 0 Å². The SMILES string of the molecule is O=C(CNCC1CCCO1)Nc1cccc(F)c1. The van der Waals surface area contributed by atoms with Crippen molar-refractivity contribution >= 4 is 11.6 Å². The summed E-state index contributed by atoms with van der Waals surface area (Å²) in [7, 11) is 0. The monoisotopic (exact) mass is 252 g/mol. The van der Waals surface area contributed by atoms with Crippen LogP contribution in [0, 0.1) is 5.82 Å². The van der Waals surface area contributed by atoms with Crippen molar-refractivity contribution in [1.82, 2.24) is 5.32 Å². The van der Waals surface area contributed by atoms with E-state index in [2.05, 4.69) is 10.6 Å². The third kappa shape index (κ3) is 4.09. The van der Waals surface area contributed by atoms with Crippen molar-refractivity contribution in [3.05, 3.63) is 30.1 Å². The predicted octanol–water partition coefficient (Wildman–Crippen LogP) is 1.53. The van der Waals surface area contributed by atoms with Gasteiger partial charge in [-0.15, -0.1) is 0 Å². The lowest BCUT2D eigenvalue weighted by molar-refractivity contribution is -0.115. The fraction of sp³-hybridized carbons (Fsp3) is 0.462. The Morgan fingerprint density at radius 1 is 1.50 bits per heavy atom. The number of carbonyl (C=O) groups excluding carboxylic acids is 1. The molecule has 0 aliphatic carbocycles. The minimum atomic E-state index is -0.361. The van der Waals surface area contributed by atoms with Crippen molar-refractivity contribution in [1.29, 1.82) is 0 Å². The average molecular weight is 252 g/mol. The van der Waals surface area contributed by atoms with E-state index in [1.54, 1.807) is 12.1 Å². The minimum absolute atomic E-state index is 0.182. The lowest BCUT2D eigenvalue weighted by Gasteiger charge is -2.10. The van der Waals surface area contributed by atoms with Gasteiger partial charge in [-0.2, -0.15) is 0 Å². The molecule has 18 heavy (non-hydrogen) atoms. The van der Waals surface area contributed by atoms with Crippen molar-refractivity contribution in [2.75, 3.05) is 25.0 Å². The van der Waals surface area contributed by atoms with Gasteiger partial charge in [0.1, 0.15) is 5.82 Å². The van der Waals surface area contributed by atoms with Gasteiger partial charge < -0.3 is 15.4 Å². The molecule has 2 rings (SSSR count). The molecule has 1 atom stereocenters. The number of carbonyl (C=O) groups is 1. The first-order valence-corrected chi connectivity index (χ1v) is 6.12. The summed E-state index contributed by atoms with van der Waals surface area (Å²) in [5, 5.41) is 5.66. The molecule has 0 bridgehead atoms. The van der Waals surface area contributed by atoms with E-state index >= 15 is 0 Å². The number of nitrogens with one attached hydrogen (secondary N) is 2. The molecule has 1 aromatic rings. The van der Waals surface area contributed by atoms with Crippen LogP contribution in [-0.4, -0.2) is 31.7 Å². The minimum Gasteiger partial charge on any atom is -0.377 e. The van der Waals surface area contributed by atoms with Crippen molar-refractivity contribution < 1.29 is 13.9 Å². The second-order valence-electron chi connectivity index (χ2n) is 4.32. The fourth-order valence-electron chi connectivity index (χ4n) is 1.92. The quantitative estimate of drug-likeness (QED) is 0.835. The molecule has 98 valence electrons. The highest BCUT2D eigenvalue weighted by Crippen LogP contribution is 2.10. The number of ether oxygens (including phenoxy) is 1. The Bertz CT molecular complexity index is 406. The Hall–Kier alpha value is -1.46. The van der Waals surface area contributed by atoms with Crippen LogP contribution in [0.4, 0.5) is 10.1 Å². The molecular formula is C13H17FN2O2. The molecule has 5 heteroatoms. The molecule has 4 nitrogen and oxygen atoms in total. The molecule has 1 aliphatic rings. The van der Waals surface area contributed by atoms with E-state index in [-0.39, 0.29) is 24.4 Å². The summed E-state index contributed by atoms with van der Waals surface area (Å²) in [5.74, 6) is -0.543. The van der Waals surface area contributed by atoms with Crippen LogP contribution in [0.25, 0.3) is 0 Å². The second kappa shape index (κ2) is 6.47. The smallest absolute Gasteiger partial charge is 0.238 e. The molecule has 2 N–H and O–H groups in total. The summed E-state index contributed by atoms with van der Waals surface area (Å²) in [6.07, 6.45) is 2.34. The molecule has 1 amide bonds. The van der Waals surface area contributed by atoms with Gasteiger partial charge in [0.05, 0.1) is 12.6 Å². The Balaban J connectivity index is 1.68. The van der Waals surface area contributed by atoms with Gasteiger partial charge in [-0.1, -0.05) is 6.07 Å². The zero-order chi connectivity index (χ0) is 12.8.